The Balaban J connectivity index is 1.81. The van der Waals surface area contributed by atoms with E-state index in [-0.39, 0.29) is 17.6 Å². The molecule has 1 aliphatic rings. The summed E-state index contributed by atoms with van der Waals surface area (Å²) in [6, 6.07) is 4.50. The van der Waals surface area contributed by atoms with Crippen LogP contribution in [0.1, 0.15) is 24.4 Å². The highest BCUT2D eigenvalue weighted by Crippen LogP contribution is 2.41. The van der Waals surface area contributed by atoms with E-state index in [9.17, 15) is 13.6 Å². The van der Waals surface area contributed by atoms with Crippen molar-refractivity contribution >= 4 is 23.2 Å². The van der Waals surface area contributed by atoms with Gasteiger partial charge in [0.1, 0.15) is 17.3 Å². The molecule has 0 aliphatic carbocycles. The van der Waals surface area contributed by atoms with Crippen molar-refractivity contribution in [3.05, 3.63) is 53.9 Å². The van der Waals surface area contributed by atoms with Crippen molar-refractivity contribution in [2.24, 2.45) is 0 Å². The Morgan fingerprint density at radius 3 is 2.93 bits per heavy atom. The molecule has 7 nitrogen and oxygen atoms in total. The predicted octanol–water partition coefficient (Wildman–Crippen LogP) is 3.44. The Morgan fingerprint density at radius 1 is 1.32 bits per heavy atom. The molecule has 0 saturated carbocycles. The normalized spacial score (nSPS) is 16.6. The van der Waals surface area contributed by atoms with Gasteiger partial charge >= 0.3 is 6.03 Å². The number of carbonyl (C=O) groups excluding carboxylic acids is 1. The molecule has 2 amide bonds. The number of urea groups is 1. The van der Waals surface area contributed by atoms with Crippen molar-refractivity contribution in [3.63, 3.8) is 0 Å². The lowest BCUT2D eigenvalue weighted by atomic mass is 10.0. The van der Waals surface area contributed by atoms with Gasteiger partial charge in [0.25, 0.3) is 0 Å². The molecule has 28 heavy (non-hydrogen) atoms. The van der Waals surface area contributed by atoms with E-state index in [1.807, 2.05) is 4.90 Å². The molecule has 0 bridgehead atoms. The van der Waals surface area contributed by atoms with Crippen LogP contribution >= 0.6 is 0 Å². The quantitative estimate of drug-likeness (QED) is 0.749. The summed E-state index contributed by atoms with van der Waals surface area (Å²) >= 11 is 0. The first-order valence-corrected chi connectivity index (χ1v) is 8.99. The van der Waals surface area contributed by atoms with Gasteiger partial charge in [0, 0.05) is 38.6 Å². The SMILES string of the molecule is CN(C)C(=O)Nc1c(N2CCC[C@H]2c2cc(F)ccc2F)nn2cccnc12. The third-order valence-electron chi connectivity index (χ3n) is 4.86. The molecular weight excluding hydrogens is 366 g/mol. The number of amides is 2. The number of halogens is 2. The van der Waals surface area contributed by atoms with Gasteiger partial charge in [-0.15, -0.1) is 5.10 Å². The van der Waals surface area contributed by atoms with E-state index >= 15 is 0 Å². The molecule has 9 heteroatoms. The number of carbonyl (C=O) groups is 1. The number of rotatable bonds is 3. The summed E-state index contributed by atoms with van der Waals surface area (Å²) in [6.07, 6.45) is 4.79. The third kappa shape index (κ3) is 3.12. The zero-order valence-corrected chi connectivity index (χ0v) is 15.6. The molecule has 3 aromatic rings. The fourth-order valence-corrected chi connectivity index (χ4v) is 3.52. The summed E-state index contributed by atoms with van der Waals surface area (Å²) in [5.74, 6) is -0.458. The zero-order valence-electron chi connectivity index (χ0n) is 15.6. The van der Waals surface area contributed by atoms with Crippen LogP contribution in [0.25, 0.3) is 5.65 Å². The molecule has 3 heterocycles. The Labute approximate surface area is 160 Å². The first-order valence-electron chi connectivity index (χ1n) is 8.99. The topological polar surface area (TPSA) is 65.8 Å². The first kappa shape index (κ1) is 18.1. The smallest absolute Gasteiger partial charge is 0.321 e. The molecular formula is C19H20F2N6O. The van der Waals surface area contributed by atoms with Gasteiger partial charge in [-0.1, -0.05) is 0 Å². The van der Waals surface area contributed by atoms with Gasteiger partial charge in [-0.25, -0.2) is 23.1 Å². The van der Waals surface area contributed by atoms with Gasteiger partial charge in [-0.2, -0.15) is 0 Å². The highest BCUT2D eigenvalue weighted by molar-refractivity contribution is 5.97. The van der Waals surface area contributed by atoms with Gasteiger partial charge in [0.15, 0.2) is 11.5 Å². The molecule has 1 aromatic carbocycles. The number of fused-ring (bicyclic) bond motifs is 1. The number of hydrogen-bond acceptors (Lipinski definition) is 4. The monoisotopic (exact) mass is 386 g/mol. The van der Waals surface area contributed by atoms with Crippen LogP contribution in [0, 0.1) is 11.6 Å². The maximum absolute atomic E-state index is 14.4. The van der Waals surface area contributed by atoms with Crippen LogP contribution in [0.15, 0.2) is 36.7 Å². The average Bonchev–Trinajstić information content (AvgIpc) is 3.28. The lowest BCUT2D eigenvalue weighted by Crippen LogP contribution is -2.29. The van der Waals surface area contributed by atoms with Crippen LogP contribution in [0.3, 0.4) is 0 Å². The summed E-state index contributed by atoms with van der Waals surface area (Å²) in [4.78, 5) is 19.9. The summed E-state index contributed by atoms with van der Waals surface area (Å²) in [6.45, 7) is 0.606. The van der Waals surface area contributed by atoms with Crippen LogP contribution in [0.5, 0.6) is 0 Å². The highest BCUT2D eigenvalue weighted by Gasteiger charge is 2.33. The van der Waals surface area contributed by atoms with E-state index in [4.69, 9.17) is 0 Å². The molecule has 1 N–H and O–H groups in total. The minimum absolute atomic E-state index is 0.285. The van der Waals surface area contributed by atoms with Crippen LogP contribution in [-0.2, 0) is 0 Å². The van der Waals surface area contributed by atoms with Crippen molar-refractivity contribution in [1.82, 2.24) is 19.5 Å². The van der Waals surface area contributed by atoms with Crippen LogP contribution in [0.2, 0.25) is 0 Å². The number of benzene rings is 1. The fourth-order valence-electron chi connectivity index (χ4n) is 3.52. The molecule has 1 saturated heterocycles. The van der Waals surface area contributed by atoms with E-state index in [1.54, 1.807) is 37.1 Å². The number of aromatic nitrogens is 3. The maximum atomic E-state index is 14.4. The summed E-state index contributed by atoms with van der Waals surface area (Å²) in [5, 5.41) is 7.41. The second kappa shape index (κ2) is 7.06. The molecule has 0 radical (unpaired) electrons. The van der Waals surface area contributed by atoms with Crippen molar-refractivity contribution in [3.8, 4) is 0 Å². The van der Waals surface area contributed by atoms with Gasteiger partial charge in [0.2, 0.25) is 0 Å². The Hall–Kier alpha value is -3.23. The minimum Gasteiger partial charge on any atom is -0.346 e. The van der Waals surface area contributed by atoms with Gasteiger partial charge in [-0.3, -0.25) is 0 Å². The Morgan fingerprint density at radius 2 is 2.14 bits per heavy atom. The second-order valence-electron chi connectivity index (χ2n) is 6.93. The minimum atomic E-state index is -0.485. The van der Waals surface area contributed by atoms with E-state index in [0.29, 0.717) is 30.1 Å². The van der Waals surface area contributed by atoms with Crippen molar-refractivity contribution in [2.45, 2.75) is 18.9 Å². The second-order valence-corrected chi connectivity index (χ2v) is 6.93. The van der Waals surface area contributed by atoms with Crippen molar-refractivity contribution < 1.29 is 13.6 Å². The summed E-state index contributed by atoms with van der Waals surface area (Å²) in [7, 11) is 3.27. The molecule has 0 spiro atoms. The highest BCUT2D eigenvalue weighted by atomic mass is 19.1. The molecule has 1 aliphatic heterocycles. The fraction of sp³-hybridized carbons (Fsp3) is 0.316. The van der Waals surface area contributed by atoms with Crippen molar-refractivity contribution in [2.75, 3.05) is 30.9 Å². The maximum Gasteiger partial charge on any atom is 0.321 e. The lowest BCUT2D eigenvalue weighted by molar-refractivity contribution is 0.230. The van der Waals surface area contributed by atoms with Crippen LogP contribution in [-0.4, -0.2) is 46.2 Å². The first-order chi connectivity index (χ1) is 13.5. The lowest BCUT2D eigenvalue weighted by Gasteiger charge is -2.26. The van der Waals surface area contributed by atoms with Crippen LogP contribution in [0.4, 0.5) is 25.1 Å². The standard InChI is InChI=1S/C19H20F2N6O/c1-25(2)19(28)23-16-17-22-8-4-10-27(17)24-18(16)26-9-3-5-15(26)13-11-12(20)6-7-14(13)21/h4,6-8,10-11,15H,3,5,9H2,1-2H3,(H,23,28)/t15-/m0/s1. The predicted molar refractivity (Wildman–Crippen MR) is 101 cm³/mol. The van der Waals surface area contributed by atoms with E-state index in [0.717, 1.165) is 18.6 Å². The Kier molecular flexibility index (Phi) is 4.58. The molecule has 0 unspecified atom stereocenters. The van der Waals surface area contributed by atoms with E-state index < -0.39 is 11.6 Å². The number of nitrogens with zero attached hydrogens (tertiary/aromatic N) is 5. The third-order valence-corrected chi connectivity index (χ3v) is 4.86. The summed E-state index contributed by atoms with van der Waals surface area (Å²) in [5.41, 5.74) is 1.22. The van der Waals surface area contributed by atoms with Crippen molar-refractivity contribution in [1.29, 1.82) is 0 Å². The van der Waals surface area contributed by atoms with Gasteiger partial charge < -0.3 is 15.1 Å². The largest absolute Gasteiger partial charge is 0.346 e. The number of anilines is 2. The number of hydrogen-bond donors (Lipinski definition) is 1. The molecule has 146 valence electrons. The van der Waals surface area contributed by atoms with E-state index in [1.165, 1.54) is 11.0 Å². The Bertz CT molecular complexity index is 1030. The number of nitrogens with one attached hydrogen (secondary N) is 1. The van der Waals surface area contributed by atoms with Gasteiger partial charge in [-0.05, 0) is 37.1 Å². The van der Waals surface area contributed by atoms with Crippen LogP contribution < -0.4 is 10.2 Å². The molecule has 1 atom stereocenters. The summed E-state index contributed by atoms with van der Waals surface area (Å²) < 4.78 is 29.8. The van der Waals surface area contributed by atoms with Gasteiger partial charge in [0.05, 0.1) is 6.04 Å². The zero-order chi connectivity index (χ0) is 19.8. The molecule has 4 rings (SSSR count). The molecule has 2 aromatic heterocycles. The van der Waals surface area contributed by atoms with E-state index in [2.05, 4.69) is 15.4 Å². The average molecular weight is 386 g/mol. The molecule has 1 fully saturated rings.